The van der Waals surface area contributed by atoms with Gasteiger partial charge in [0.15, 0.2) is 0 Å². The average molecular weight is 439 g/mol. The smallest absolute Gasteiger partial charge is 0.421 e. The zero-order valence-electron chi connectivity index (χ0n) is 17.4. The number of aromatic nitrogens is 2. The maximum Gasteiger partial charge on any atom is 0.421 e. The number of hydrogen-bond donors (Lipinski definition) is 2. The molecule has 1 saturated heterocycles. The highest BCUT2D eigenvalue weighted by atomic mass is 19.4. The third kappa shape index (κ3) is 5.16. The molecule has 1 fully saturated rings. The largest absolute Gasteiger partial charge is 0.492 e. The van der Waals surface area contributed by atoms with E-state index in [2.05, 4.69) is 20.6 Å². The summed E-state index contributed by atoms with van der Waals surface area (Å²) >= 11 is 0. The first-order chi connectivity index (χ1) is 14.8. The van der Waals surface area contributed by atoms with Crippen LogP contribution in [0.2, 0.25) is 0 Å². The molecule has 1 atom stereocenters. The Balaban J connectivity index is 1.93. The number of benzene rings is 1. The fourth-order valence-electron chi connectivity index (χ4n) is 3.34. The second-order valence-electron chi connectivity index (χ2n) is 6.93. The van der Waals surface area contributed by atoms with Gasteiger partial charge in [-0.2, -0.15) is 18.2 Å². The quantitative estimate of drug-likeness (QED) is 0.638. The summed E-state index contributed by atoms with van der Waals surface area (Å²) in [6.07, 6.45) is -3.34. The van der Waals surface area contributed by atoms with Crippen molar-refractivity contribution in [1.29, 1.82) is 0 Å². The van der Waals surface area contributed by atoms with Crippen LogP contribution in [-0.2, 0) is 15.7 Å². The molecular weight excluding hydrogens is 415 g/mol. The number of carbonyl (C=O) groups is 1. The monoisotopic (exact) mass is 439 g/mol. The summed E-state index contributed by atoms with van der Waals surface area (Å²) in [6, 6.07) is 3.60. The number of carbonyl (C=O) groups excluding carboxylic acids is 1. The molecule has 2 heterocycles. The molecule has 1 aliphatic rings. The molecule has 3 rings (SSSR count). The number of morpholine rings is 1. The highest BCUT2D eigenvalue weighted by Gasteiger charge is 2.35. The van der Waals surface area contributed by atoms with Gasteiger partial charge in [0.05, 0.1) is 25.4 Å². The van der Waals surface area contributed by atoms with E-state index in [1.807, 2.05) is 19.9 Å². The molecule has 0 spiro atoms. The van der Waals surface area contributed by atoms with Crippen LogP contribution in [0.3, 0.4) is 0 Å². The second kappa shape index (κ2) is 9.38. The number of alkyl halides is 3. The van der Waals surface area contributed by atoms with Crippen molar-refractivity contribution >= 4 is 23.9 Å². The Morgan fingerprint density at radius 3 is 2.81 bits per heavy atom. The molecule has 2 N–H and O–H groups in total. The van der Waals surface area contributed by atoms with Crippen LogP contribution < -0.4 is 15.4 Å². The van der Waals surface area contributed by atoms with Gasteiger partial charge in [-0.1, -0.05) is 0 Å². The summed E-state index contributed by atoms with van der Waals surface area (Å²) in [5.41, 5.74) is 1.29. The maximum absolute atomic E-state index is 13.1. The highest BCUT2D eigenvalue weighted by molar-refractivity contribution is 5.66. The number of rotatable bonds is 7. The molecular formula is C20H24F3N5O3. The van der Waals surface area contributed by atoms with Crippen LogP contribution in [0.15, 0.2) is 18.3 Å². The van der Waals surface area contributed by atoms with Gasteiger partial charge in [0.2, 0.25) is 12.4 Å². The van der Waals surface area contributed by atoms with Gasteiger partial charge in [0, 0.05) is 19.8 Å². The molecule has 1 aliphatic heterocycles. The topological polar surface area (TPSA) is 88.6 Å². The lowest BCUT2D eigenvalue weighted by Crippen LogP contribution is -2.37. The Kier molecular flexibility index (Phi) is 6.84. The van der Waals surface area contributed by atoms with Gasteiger partial charge < -0.3 is 25.0 Å². The molecule has 8 nitrogen and oxygen atoms in total. The van der Waals surface area contributed by atoms with Crippen molar-refractivity contribution in [2.45, 2.75) is 26.1 Å². The van der Waals surface area contributed by atoms with Crippen LogP contribution in [0.25, 0.3) is 0 Å². The molecule has 0 bridgehead atoms. The molecule has 0 saturated carbocycles. The number of ether oxygens (including phenoxy) is 2. The Labute approximate surface area is 177 Å². The number of nitrogens with zero attached hydrogens (tertiary/aromatic N) is 3. The number of aryl methyl sites for hydroxylation is 1. The zero-order chi connectivity index (χ0) is 22.6. The Hall–Kier alpha value is -3.08. The number of anilines is 3. The molecule has 1 amide bonds. The summed E-state index contributed by atoms with van der Waals surface area (Å²) in [6.45, 7) is 5.47. The second-order valence-corrected chi connectivity index (χ2v) is 6.93. The normalized spacial score (nSPS) is 16.7. The van der Waals surface area contributed by atoms with Gasteiger partial charge in [0.25, 0.3) is 0 Å². The SMILES string of the molecule is CCOc1cc(C2CN(C=O)CCO2)c(C)cc1Nc1ncc(C(F)(F)F)c(NC)n1. The van der Waals surface area contributed by atoms with Crippen LogP contribution in [0.4, 0.5) is 30.6 Å². The zero-order valence-corrected chi connectivity index (χ0v) is 17.4. The molecule has 1 aromatic heterocycles. The number of halogens is 3. The lowest BCUT2D eigenvalue weighted by atomic mass is 10.0. The van der Waals surface area contributed by atoms with E-state index >= 15 is 0 Å². The van der Waals surface area contributed by atoms with Crippen molar-refractivity contribution in [1.82, 2.24) is 14.9 Å². The molecule has 0 aliphatic carbocycles. The fourth-order valence-corrected chi connectivity index (χ4v) is 3.34. The van der Waals surface area contributed by atoms with Crippen molar-refractivity contribution in [3.8, 4) is 5.75 Å². The van der Waals surface area contributed by atoms with Crippen LogP contribution in [-0.4, -0.2) is 54.6 Å². The van der Waals surface area contributed by atoms with E-state index in [1.54, 1.807) is 11.0 Å². The van der Waals surface area contributed by atoms with Crippen LogP contribution >= 0.6 is 0 Å². The van der Waals surface area contributed by atoms with E-state index in [9.17, 15) is 18.0 Å². The van der Waals surface area contributed by atoms with E-state index in [0.29, 0.717) is 37.7 Å². The minimum Gasteiger partial charge on any atom is -0.492 e. The van der Waals surface area contributed by atoms with Crippen molar-refractivity contribution in [2.24, 2.45) is 0 Å². The van der Waals surface area contributed by atoms with Crippen molar-refractivity contribution in [2.75, 3.05) is 44.0 Å². The van der Waals surface area contributed by atoms with Gasteiger partial charge in [0.1, 0.15) is 23.2 Å². The molecule has 2 aromatic rings. The number of nitrogens with one attached hydrogen (secondary N) is 2. The highest BCUT2D eigenvalue weighted by Crippen LogP contribution is 2.37. The van der Waals surface area contributed by atoms with Crippen LogP contribution in [0.5, 0.6) is 5.75 Å². The number of amides is 1. The lowest BCUT2D eigenvalue weighted by Gasteiger charge is -2.31. The van der Waals surface area contributed by atoms with Gasteiger partial charge in [-0.3, -0.25) is 4.79 Å². The van der Waals surface area contributed by atoms with Crippen LogP contribution in [0.1, 0.15) is 29.7 Å². The minimum absolute atomic E-state index is 0.00787. The molecule has 1 unspecified atom stereocenters. The van der Waals surface area contributed by atoms with Crippen molar-refractivity contribution < 1.29 is 27.4 Å². The third-order valence-electron chi connectivity index (χ3n) is 4.84. The standard InChI is InChI=1S/C20H24F3N5O3/c1-4-30-16-8-13(17-10-28(11-29)5-6-31-17)12(2)7-15(16)26-19-25-9-14(20(21,22)23)18(24-3)27-19/h7-9,11,17H,4-6,10H2,1-3H3,(H2,24,25,26,27). The molecule has 31 heavy (non-hydrogen) atoms. The number of hydrogen-bond acceptors (Lipinski definition) is 7. The average Bonchev–Trinajstić information content (AvgIpc) is 2.74. The van der Waals surface area contributed by atoms with E-state index < -0.39 is 11.7 Å². The van der Waals surface area contributed by atoms with Gasteiger partial charge >= 0.3 is 6.18 Å². The first-order valence-electron chi connectivity index (χ1n) is 9.74. The predicted molar refractivity (Wildman–Crippen MR) is 109 cm³/mol. The van der Waals surface area contributed by atoms with E-state index in [1.165, 1.54) is 7.05 Å². The molecule has 168 valence electrons. The first-order valence-corrected chi connectivity index (χ1v) is 9.74. The maximum atomic E-state index is 13.1. The predicted octanol–water partition coefficient (Wildman–Crippen LogP) is 3.52. The summed E-state index contributed by atoms with van der Waals surface area (Å²) in [5.74, 6) is 0.136. The van der Waals surface area contributed by atoms with Crippen LogP contribution in [0, 0.1) is 6.92 Å². The molecule has 1 aromatic carbocycles. The lowest BCUT2D eigenvalue weighted by molar-refractivity contribution is -0.137. The Bertz CT molecular complexity index is 939. The Morgan fingerprint density at radius 2 is 2.16 bits per heavy atom. The summed E-state index contributed by atoms with van der Waals surface area (Å²) in [4.78, 5) is 20.5. The summed E-state index contributed by atoms with van der Waals surface area (Å²) in [7, 11) is 1.36. The summed E-state index contributed by atoms with van der Waals surface area (Å²) in [5, 5.41) is 5.39. The minimum atomic E-state index is -4.57. The fraction of sp³-hybridized carbons (Fsp3) is 0.450. The first kappa shape index (κ1) is 22.6. The Morgan fingerprint density at radius 1 is 1.39 bits per heavy atom. The van der Waals surface area contributed by atoms with E-state index in [-0.39, 0.29) is 17.9 Å². The summed E-state index contributed by atoms with van der Waals surface area (Å²) < 4.78 is 50.8. The van der Waals surface area contributed by atoms with Gasteiger partial charge in [-0.05, 0) is 37.1 Å². The van der Waals surface area contributed by atoms with E-state index in [4.69, 9.17) is 9.47 Å². The van der Waals surface area contributed by atoms with Crippen molar-refractivity contribution in [3.05, 3.63) is 35.0 Å². The van der Waals surface area contributed by atoms with Crippen molar-refractivity contribution in [3.63, 3.8) is 0 Å². The molecule has 11 heteroatoms. The molecule has 0 radical (unpaired) electrons. The third-order valence-corrected chi connectivity index (χ3v) is 4.84. The van der Waals surface area contributed by atoms with Gasteiger partial charge in [-0.25, -0.2) is 4.98 Å². The van der Waals surface area contributed by atoms with Gasteiger partial charge in [-0.15, -0.1) is 0 Å². The van der Waals surface area contributed by atoms with E-state index in [0.717, 1.165) is 23.7 Å².